The van der Waals surface area contributed by atoms with Crippen molar-refractivity contribution in [3.8, 4) is 0 Å². The van der Waals surface area contributed by atoms with Gasteiger partial charge in [-0.05, 0) is 44.1 Å². The van der Waals surface area contributed by atoms with E-state index in [9.17, 15) is 0 Å². The van der Waals surface area contributed by atoms with Crippen LogP contribution in [0, 0.1) is 5.92 Å². The summed E-state index contributed by atoms with van der Waals surface area (Å²) in [6.45, 7) is 3.17. The summed E-state index contributed by atoms with van der Waals surface area (Å²) in [4.78, 5) is 4.46. The van der Waals surface area contributed by atoms with Gasteiger partial charge in [-0.3, -0.25) is 0 Å². The molecule has 0 saturated carbocycles. The molecule has 0 aromatic heterocycles. The molecule has 1 atom stereocenters. The first kappa shape index (κ1) is 14.9. The van der Waals surface area contributed by atoms with Crippen LogP contribution in [-0.4, -0.2) is 49.7 Å². The molecule has 3 N–H and O–H groups in total. The Morgan fingerprint density at radius 2 is 2.35 bits per heavy atom. The van der Waals surface area contributed by atoms with E-state index in [2.05, 4.69) is 22.0 Å². The Bertz CT molecular complexity index is 506. The van der Waals surface area contributed by atoms with Gasteiger partial charge in [-0.25, -0.2) is 0 Å². The maximum absolute atomic E-state index is 8.89. The standard InChI is InChI=1S/C14H21ClN4O/c1-18-6-5-10(8-18)9-19(2)13-7-11(15)3-4-12(13)14(16)17-20/h3-4,7,10,20H,5-6,8-9H2,1-2H3,(H2,16,17). The van der Waals surface area contributed by atoms with Crippen molar-refractivity contribution in [1.82, 2.24) is 4.90 Å². The molecule has 1 unspecified atom stereocenters. The van der Waals surface area contributed by atoms with Crippen LogP contribution in [-0.2, 0) is 0 Å². The largest absolute Gasteiger partial charge is 0.409 e. The minimum atomic E-state index is 0.104. The molecule has 0 radical (unpaired) electrons. The van der Waals surface area contributed by atoms with Crippen LogP contribution in [0.3, 0.4) is 0 Å². The van der Waals surface area contributed by atoms with Crippen LogP contribution in [0.4, 0.5) is 5.69 Å². The average molecular weight is 297 g/mol. The van der Waals surface area contributed by atoms with E-state index in [1.165, 1.54) is 6.42 Å². The van der Waals surface area contributed by atoms with Gasteiger partial charge in [0.25, 0.3) is 0 Å². The van der Waals surface area contributed by atoms with E-state index in [0.29, 0.717) is 16.5 Å². The number of nitrogens with zero attached hydrogens (tertiary/aromatic N) is 3. The fraction of sp³-hybridized carbons (Fsp3) is 0.500. The molecule has 1 saturated heterocycles. The zero-order valence-electron chi connectivity index (χ0n) is 11.9. The van der Waals surface area contributed by atoms with Crippen LogP contribution in [0.1, 0.15) is 12.0 Å². The highest BCUT2D eigenvalue weighted by Crippen LogP contribution is 2.26. The van der Waals surface area contributed by atoms with Gasteiger partial charge in [-0.1, -0.05) is 16.8 Å². The summed E-state index contributed by atoms with van der Waals surface area (Å²) in [6.07, 6.45) is 1.19. The van der Waals surface area contributed by atoms with E-state index in [0.717, 1.165) is 25.3 Å². The molecule has 0 spiro atoms. The van der Waals surface area contributed by atoms with Crippen molar-refractivity contribution in [2.75, 3.05) is 38.6 Å². The molecule has 20 heavy (non-hydrogen) atoms. The third kappa shape index (κ3) is 3.35. The fourth-order valence-corrected chi connectivity index (χ4v) is 2.92. The maximum Gasteiger partial charge on any atom is 0.172 e. The monoisotopic (exact) mass is 296 g/mol. The number of hydrogen-bond donors (Lipinski definition) is 2. The van der Waals surface area contributed by atoms with Gasteiger partial charge in [-0.15, -0.1) is 0 Å². The Labute approximate surface area is 124 Å². The van der Waals surface area contributed by atoms with E-state index < -0.39 is 0 Å². The highest BCUT2D eigenvalue weighted by Gasteiger charge is 2.22. The first-order valence-electron chi connectivity index (χ1n) is 6.68. The zero-order valence-corrected chi connectivity index (χ0v) is 12.6. The van der Waals surface area contributed by atoms with Gasteiger partial charge < -0.3 is 20.7 Å². The van der Waals surface area contributed by atoms with Crippen molar-refractivity contribution in [3.05, 3.63) is 28.8 Å². The van der Waals surface area contributed by atoms with Crippen LogP contribution in [0.2, 0.25) is 5.02 Å². The SMILES string of the molecule is CN1CCC(CN(C)c2cc(Cl)ccc2C(N)=NO)C1. The number of rotatable bonds is 4. The predicted molar refractivity (Wildman–Crippen MR) is 82.8 cm³/mol. The molecule has 0 aliphatic carbocycles. The first-order chi connectivity index (χ1) is 9.51. The number of anilines is 1. The zero-order chi connectivity index (χ0) is 14.7. The molecule has 1 heterocycles. The maximum atomic E-state index is 8.89. The highest BCUT2D eigenvalue weighted by atomic mass is 35.5. The lowest BCUT2D eigenvalue weighted by atomic mass is 10.1. The number of oxime groups is 1. The fourth-order valence-electron chi connectivity index (χ4n) is 2.75. The van der Waals surface area contributed by atoms with Crippen molar-refractivity contribution in [1.29, 1.82) is 0 Å². The summed E-state index contributed by atoms with van der Waals surface area (Å²) in [5.74, 6) is 0.733. The van der Waals surface area contributed by atoms with E-state index in [1.54, 1.807) is 12.1 Å². The summed E-state index contributed by atoms with van der Waals surface area (Å²) in [5.41, 5.74) is 7.33. The van der Waals surface area contributed by atoms with Crippen molar-refractivity contribution in [3.63, 3.8) is 0 Å². The normalized spacial score (nSPS) is 20.4. The van der Waals surface area contributed by atoms with Gasteiger partial charge in [-0.2, -0.15) is 0 Å². The Hall–Kier alpha value is -1.46. The van der Waals surface area contributed by atoms with Crippen LogP contribution in [0.15, 0.2) is 23.4 Å². The molecule has 1 fully saturated rings. The third-order valence-corrected chi connectivity index (χ3v) is 4.01. The Kier molecular flexibility index (Phi) is 4.73. The number of amidine groups is 1. The predicted octanol–water partition coefficient (Wildman–Crippen LogP) is 1.82. The number of hydrogen-bond acceptors (Lipinski definition) is 4. The molecule has 1 aromatic rings. The first-order valence-corrected chi connectivity index (χ1v) is 7.06. The van der Waals surface area contributed by atoms with Crippen molar-refractivity contribution in [2.45, 2.75) is 6.42 Å². The number of halogens is 1. The summed E-state index contributed by atoms with van der Waals surface area (Å²) < 4.78 is 0. The van der Waals surface area contributed by atoms with Gasteiger partial charge >= 0.3 is 0 Å². The molecule has 0 amide bonds. The molecule has 2 rings (SSSR count). The summed E-state index contributed by atoms with van der Waals surface area (Å²) in [7, 11) is 4.15. The van der Waals surface area contributed by atoms with Gasteiger partial charge in [0, 0.05) is 36.4 Å². The summed E-state index contributed by atoms with van der Waals surface area (Å²) in [6, 6.07) is 5.38. The molecule has 5 nitrogen and oxygen atoms in total. The van der Waals surface area contributed by atoms with Gasteiger partial charge in [0.1, 0.15) is 0 Å². The topological polar surface area (TPSA) is 65.1 Å². The number of likely N-dealkylation sites (tertiary alicyclic amines) is 1. The molecular weight excluding hydrogens is 276 g/mol. The van der Waals surface area contributed by atoms with Gasteiger partial charge in [0.05, 0.1) is 0 Å². The number of benzene rings is 1. The lowest BCUT2D eigenvalue weighted by Crippen LogP contribution is -2.29. The average Bonchev–Trinajstić information content (AvgIpc) is 2.83. The van der Waals surface area contributed by atoms with Gasteiger partial charge in [0.2, 0.25) is 0 Å². The van der Waals surface area contributed by atoms with Gasteiger partial charge in [0.15, 0.2) is 5.84 Å². The number of nitrogens with two attached hydrogens (primary N) is 1. The molecular formula is C14H21ClN4O. The third-order valence-electron chi connectivity index (χ3n) is 3.78. The van der Waals surface area contributed by atoms with E-state index in [-0.39, 0.29) is 5.84 Å². The van der Waals surface area contributed by atoms with Crippen LogP contribution < -0.4 is 10.6 Å². The lowest BCUT2D eigenvalue weighted by Gasteiger charge is -2.25. The van der Waals surface area contributed by atoms with Crippen molar-refractivity contribution >= 4 is 23.1 Å². The second kappa shape index (κ2) is 6.33. The van der Waals surface area contributed by atoms with E-state index in [4.69, 9.17) is 22.5 Å². The van der Waals surface area contributed by atoms with Crippen molar-refractivity contribution in [2.24, 2.45) is 16.8 Å². The molecule has 1 aliphatic rings. The quantitative estimate of drug-likeness (QED) is 0.385. The minimum Gasteiger partial charge on any atom is -0.409 e. The van der Waals surface area contributed by atoms with E-state index in [1.807, 2.05) is 13.1 Å². The van der Waals surface area contributed by atoms with Crippen LogP contribution in [0.25, 0.3) is 0 Å². The molecule has 1 aliphatic heterocycles. The van der Waals surface area contributed by atoms with Crippen LogP contribution >= 0.6 is 11.6 Å². The highest BCUT2D eigenvalue weighted by molar-refractivity contribution is 6.31. The summed E-state index contributed by atoms with van der Waals surface area (Å²) >= 11 is 6.07. The minimum absolute atomic E-state index is 0.104. The Balaban J connectivity index is 2.19. The molecule has 0 bridgehead atoms. The van der Waals surface area contributed by atoms with Crippen molar-refractivity contribution < 1.29 is 5.21 Å². The lowest BCUT2D eigenvalue weighted by molar-refractivity contribution is 0.318. The Morgan fingerprint density at radius 3 is 2.95 bits per heavy atom. The van der Waals surface area contributed by atoms with Crippen LogP contribution in [0.5, 0.6) is 0 Å². The molecule has 1 aromatic carbocycles. The molecule has 6 heteroatoms. The molecule has 110 valence electrons. The second-order valence-electron chi connectivity index (χ2n) is 5.44. The Morgan fingerprint density at radius 1 is 1.60 bits per heavy atom. The smallest absolute Gasteiger partial charge is 0.172 e. The van der Waals surface area contributed by atoms with E-state index >= 15 is 0 Å². The second-order valence-corrected chi connectivity index (χ2v) is 5.88. The summed E-state index contributed by atoms with van der Waals surface area (Å²) in [5, 5.41) is 12.6.